The van der Waals surface area contributed by atoms with Crippen LogP contribution in [0.15, 0.2) is 18.2 Å². The van der Waals surface area contributed by atoms with Gasteiger partial charge in [0.1, 0.15) is 0 Å². The number of ether oxygens (including phenoxy) is 1. The SMILES string of the molecule is CCCNC(Cc1ccc(C)cc1Cl)CC(C)COC. The highest BCUT2D eigenvalue weighted by atomic mass is 35.5. The third kappa shape index (κ3) is 6.25. The Balaban J connectivity index is 2.67. The first-order valence-electron chi connectivity index (χ1n) is 7.54. The highest BCUT2D eigenvalue weighted by Crippen LogP contribution is 2.21. The topological polar surface area (TPSA) is 21.3 Å². The number of methoxy groups -OCH3 is 1. The molecule has 3 heteroatoms. The second kappa shape index (κ2) is 9.38. The van der Waals surface area contributed by atoms with Crippen molar-refractivity contribution in [2.75, 3.05) is 20.3 Å². The van der Waals surface area contributed by atoms with E-state index in [9.17, 15) is 0 Å². The minimum absolute atomic E-state index is 0.459. The predicted octanol–water partition coefficient (Wildman–Crippen LogP) is 4.23. The molecule has 0 amide bonds. The summed E-state index contributed by atoms with van der Waals surface area (Å²) in [5.74, 6) is 0.554. The van der Waals surface area contributed by atoms with E-state index in [1.165, 1.54) is 11.1 Å². The first kappa shape index (κ1) is 17.5. The molecule has 0 radical (unpaired) electrons. The molecular formula is C17H28ClNO. The normalized spacial score (nSPS) is 14.2. The molecule has 0 saturated heterocycles. The van der Waals surface area contributed by atoms with Gasteiger partial charge in [-0.15, -0.1) is 0 Å². The highest BCUT2D eigenvalue weighted by Gasteiger charge is 2.15. The lowest BCUT2D eigenvalue weighted by Crippen LogP contribution is -2.34. The van der Waals surface area contributed by atoms with E-state index in [1.54, 1.807) is 7.11 Å². The fourth-order valence-electron chi connectivity index (χ4n) is 2.51. The van der Waals surface area contributed by atoms with Crippen molar-refractivity contribution < 1.29 is 4.74 Å². The van der Waals surface area contributed by atoms with E-state index >= 15 is 0 Å². The Morgan fingerprint density at radius 3 is 2.70 bits per heavy atom. The number of aryl methyl sites for hydroxylation is 1. The van der Waals surface area contributed by atoms with Gasteiger partial charge >= 0.3 is 0 Å². The van der Waals surface area contributed by atoms with Crippen molar-refractivity contribution in [3.63, 3.8) is 0 Å². The lowest BCUT2D eigenvalue weighted by atomic mass is 9.96. The molecule has 0 aromatic heterocycles. The average Bonchev–Trinajstić information content (AvgIpc) is 2.39. The van der Waals surface area contributed by atoms with Crippen molar-refractivity contribution >= 4 is 11.6 Å². The van der Waals surface area contributed by atoms with Crippen LogP contribution in [0.3, 0.4) is 0 Å². The van der Waals surface area contributed by atoms with E-state index < -0.39 is 0 Å². The number of halogens is 1. The maximum Gasteiger partial charge on any atom is 0.0488 e. The van der Waals surface area contributed by atoms with Crippen molar-refractivity contribution in [1.29, 1.82) is 0 Å². The maximum atomic E-state index is 6.35. The predicted molar refractivity (Wildman–Crippen MR) is 87.6 cm³/mol. The molecule has 2 unspecified atom stereocenters. The van der Waals surface area contributed by atoms with Gasteiger partial charge in [-0.3, -0.25) is 0 Å². The zero-order valence-electron chi connectivity index (χ0n) is 13.2. The van der Waals surface area contributed by atoms with Crippen molar-refractivity contribution in [3.8, 4) is 0 Å². The van der Waals surface area contributed by atoms with Gasteiger partial charge in [0.15, 0.2) is 0 Å². The highest BCUT2D eigenvalue weighted by molar-refractivity contribution is 6.31. The molecule has 0 bridgehead atoms. The molecule has 0 saturated carbocycles. The average molecular weight is 298 g/mol. The molecule has 1 rings (SSSR count). The molecular weight excluding hydrogens is 270 g/mol. The van der Waals surface area contributed by atoms with Crippen LogP contribution >= 0.6 is 11.6 Å². The van der Waals surface area contributed by atoms with Crippen LogP contribution in [0.5, 0.6) is 0 Å². The quantitative estimate of drug-likeness (QED) is 0.736. The fraction of sp³-hybridized carbons (Fsp3) is 0.647. The van der Waals surface area contributed by atoms with E-state index in [2.05, 4.69) is 38.2 Å². The van der Waals surface area contributed by atoms with E-state index in [-0.39, 0.29) is 0 Å². The van der Waals surface area contributed by atoms with Gasteiger partial charge in [0.25, 0.3) is 0 Å². The van der Waals surface area contributed by atoms with Gasteiger partial charge in [-0.1, -0.05) is 37.6 Å². The number of nitrogens with one attached hydrogen (secondary N) is 1. The van der Waals surface area contributed by atoms with Gasteiger partial charge in [-0.2, -0.15) is 0 Å². The van der Waals surface area contributed by atoms with Crippen molar-refractivity contribution in [1.82, 2.24) is 5.32 Å². The summed E-state index contributed by atoms with van der Waals surface area (Å²) >= 11 is 6.35. The van der Waals surface area contributed by atoms with Crippen LogP contribution in [0.2, 0.25) is 5.02 Å². The van der Waals surface area contributed by atoms with Crippen LogP contribution in [0.1, 0.15) is 37.8 Å². The maximum absolute atomic E-state index is 6.35. The first-order valence-corrected chi connectivity index (χ1v) is 7.92. The van der Waals surface area contributed by atoms with E-state index in [0.29, 0.717) is 12.0 Å². The smallest absolute Gasteiger partial charge is 0.0488 e. The minimum Gasteiger partial charge on any atom is -0.384 e. The van der Waals surface area contributed by atoms with E-state index in [4.69, 9.17) is 16.3 Å². The van der Waals surface area contributed by atoms with Gasteiger partial charge in [-0.05, 0) is 55.8 Å². The number of benzene rings is 1. The zero-order chi connectivity index (χ0) is 15.0. The van der Waals surface area contributed by atoms with Gasteiger partial charge in [0.2, 0.25) is 0 Å². The summed E-state index contributed by atoms with van der Waals surface area (Å²) in [6.45, 7) is 8.37. The Bertz CT molecular complexity index is 395. The zero-order valence-corrected chi connectivity index (χ0v) is 14.0. The number of rotatable bonds is 9. The van der Waals surface area contributed by atoms with Gasteiger partial charge in [-0.25, -0.2) is 0 Å². The second-order valence-corrected chi connectivity index (χ2v) is 6.15. The summed E-state index contributed by atoms with van der Waals surface area (Å²) in [6, 6.07) is 6.79. The molecule has 0 fully saturated rings. The summed E-state index contributed by atoms with van der Waals surface area (Å²) in [5.41, 5.74) is 2.44. The van der Waals surface area contributed by atoms with E-state index in [0.717, 1.165) is 37.4 Å². The van der Waals surface area contributed by atoms with Crippen molar-refractivity contribution in [3.05, 3.63) is 34.3 Å². The number of hydrogen-bond acceptors (Lipinski definition) is 2. The molecule has 114 valence electrons. The molecule has 2 nitrogen and oxygen atoms in total. The Morgan fingerprint density at radius 1 is 1.35 bits per heavy atom. The molecule has 2 atom stereocenters. The standard InChI is InChI=1S/C17H28ClNO/c1-5-8-19-16(9-14(3)12-20-4)11-15-7-6-13(2)10-17(15)18/h6-7,10,14,16,19H,5,8-9,11-12H2,1-4H3. The second-order valence-electron chi connectivity index (χ2n) is 5.75. The first-order chi connectivity index (χ1) is 9.56. The molecule has 0 heterocycles. The van der Waals surface area contributed by atoms with Crippen molar-refractivity contribution in [2.24, 2.45) is 5.92 Å². The van der Waals surface area contributed by atoms with Crippen LogP contribution < -0.4 is 5.32 Å². The monoisotopic (exact) mass is 297 g/mol. The van der Waals surface area contributed by atoms with Crippen LogP contribution in [0.25, 0.3) is 0 Å². The van der Waals surface area contributed by atoms with Crippen LogP contribution in [0, 0.1) is 12.8 Å². The summed E-state index contributed by atoms with van der Waals surface area (Å²) < 4.78 is 5.24. The number of hydrogen-bond donors (Lipinski definition) is 1. The molecule has 0 aliphatic heterocycles. The molecule has 0 aliphatic rings. The van der Waals surface area contributed by atoms with Crippen LogP contribution in [-0.2, 0) is 11.2 Å². The summed E-state index contributed by atoms with van der Waals surface area (Å²) in [4.78, 5) is 0. The Labute approximate surface area is 128 Å². The van der Waals surface area contributed by atoms with E-state index in [1.807, 2.05) is 6.07 Å². The summed E-state index contributed by atoms with van der Waals surface area (Å²) in [5, 5.41) is 4.52. The fourth-order valence-corrected chi connectivity index (χ4v) is 2.82. The molecule has 0 aliphatic carbocycles. The Morgan fingerprint density at radius 2 is 2.10 bits per heavy atom. The summed E-state index contributed by atoms with van der Waals surface area (Å²) in [7, 11) is 1.77. The molecule has 0 spiro atoms. The third-order valence-electron chi connectivity index (χ3n) is 3.50. The van der Waals surface area contributed by atoms with Gasteiger partial charge in [0.05, 0.1) is 0 Å². The minimum atomic E-state index is 0.459. The van der Waals surface area contributed by atoms with Crippen LogP contribution in [-0.4, -0.2) is 26.3 Å². The lowest BCUT2D eigenvalue weighted by Gasteiger charge is -2.22. The Kier molecular flexibility index (Phi) is 8.20. The lowest BCUT2D eigenvalue weighted by molar-refractivity contribution is 0.149. The van der Waals surface area contributed by atoms with Gasteiger partial charge in [0, 0.05) is 24.8 Å². The molecule has 1 N–H and O–H groups in total. The molecule has 1 aromatic carbocycles. The van der Waals surface area contributed by atoms with Crippen LogP contribution in [0.4, 0.5) is 0 Å². The van der Waals surface area contributed by atoms with Crippen molar-refractivity contribution in [2.45, 2.75) is 46.1 Å². The van der Waals surface area contributed by atoms with Gasteiger partial charge < -0.3 is 10.1 Å². The molecule has 20 heavy (non-hydrogen) atoms. The Hall–Kier alpha value is -0.570. The third-order valence-corrected chi connectivity index (χ3v) is 3.85. The largest absolute Gasteiger partial charge is 0.384 e. The summed E-state index contributed by atoms with van der Waals surface area (Å²) in [6.07, 6.45) is 3.24. The molecule has 1 aromatic rings.